The largest absolute Gasteiger partial charge is 0.385 e. The average Bonchev–Trinajstić information content (AvgIpc) is 2.16. The van der Waals surface area contributed by atoms with Crippen molar-refractivity contribution in [1.29, 1.82) is 5.26 Å². The molecule has 1 N–H and O–H groups in total. The van der Waals surface area contributed by atoms with Crippen molar-refractivity contribution in [3.8, 4) is 6.07 Å². The van der Waals surface area contributed by atoms with Crippen molar-refractivity contribution in [2.45, 2.75) is 32.1 Å². The van der Waals surface area contributed by atoms with Gasteiger partial charge >= 0.3 is 0 Å². The van der Waals surface area contributed by atoms with Gasteiger partial charge < -0.3 is 10.1 Å². The molecule has 0 amide bonds. The van der Waals surface area contributed by atoms with Gasteiger partial charge in [-0.1, -0.05) is 0 Å². The molecule has 13 heavy (non-hydrogen) atoms. The number of hydrogen-bond donors (Lipinski definition) is 1. The molecule has 0 rings (SSSR count). The summed E-state index contributed by atoms with van der Waals surface area (Å²) in [7, 11) is 1.73. The van der Waals surface area contributed by atoms with Crippen LogP contribution in [0.15, 0.2) is 0 Å². The van der Waals surface area contributed by atoms with Crippen molar-refractivity contribution < 1.29 is 4.74 Å². The molecule has 0 bridgehead atoms. The molecule has 3 nitrogen and oxygen atoms in total. The van der Waals surface area contributed by atoms with Gasteiger partial charge in [-0.25, -0.2) is 0 Å². The second-order valence-corrected chi connectivity index (χ2v) is 3.07. The molecule has 0 aromatic heterocycles. The number of rotatable bonds is 9. The number of nitriles is 1. The van der Waals surface area contributed by atoms with Crippen LogP contribution in [0.25, 0.3) is 0 Å². The summed E-state index contributed by atoms with van der Waals surface area (Å²) >= 11 is 0. The van der Waals surface area contributed by atoms with E-state index in [0.717, 1.165) is 39.0 Å². The van der Waals surface area contributed by atoms with E-state index in [1.165, 1.54) is 6.42 Å². The van der Waals surface area contributed by atoms with Crippen molar-refractivity contribution in [1.82, 2.24) is 5.32 Å². The van der Waals surface area contributed by atoms with E-state index in [0.29, 0.717) is 6.42 Å². The zero-order valence-corrected chi connectivity index (χ0v) is 8.51. The van der Waals surface area contributed by atoms with E-state index in [-0.39, 0.29) is 0 Å². The van der Waals surface area contributed by atoms with E-state index in [1.54, 1.807) is 7.11 Å². The summed E-state index contributed by atoms with van der Waals surface area (Å²) < 4.78 is 4.94. The number of hydrogen-bond acceptors (Lipinski definition) is 3. The Labute approximate surface area is 81.1 Å². The minimum absolute atomic E-state index is 0.686. The second kappa shape index (κ2) is 11.4. The third-order valence-electron chi connectivity index (χ3n) is 1.84. The highest BCUT2D eigenvalue weighted by atomic mass is 16.5. The summed E-state index contributed by atoms with van der Waals surface area (Å²) in [5.74, 6) is 0. The highest BCUT2D eigenvalue weighted by Gasteiger charge is 1.89. The highest BCUT2D eigenvalue weighted by Crippen LogP contribution is 1.92. The number of unbranched alkanes of at least 4 members (excludes halogenated alkanes) is 3. The standard InChI is InChI=1S/C10H20N2O/c1-13-10-6-5-9-12-8-4-2-3-7-11/h12H,2-6,8-10H2,1H3. The molecule has 0 atom stereocenters. The molecule has 0 aliphatic heterocycles. The number of nitrogens with one attached hydrogen (secondary N) is 1. The van der Waals surface area contributed by atoms with E-state index in [4.69, 9.17) is 10.00 Å². The first-order valence-electron chi connectivity index (χ1n) is 4.98. The Morgan fingerprint density at radius 1 is 1.15 bits per heavy atom. The number of nitrogens with zero attached hydrogens (tertiary/aromatic N) is 1. The van der Waals surface area contributed by atoms with Crippen molar-refractivity contribution in [3.05, 3.63) is 0 Å². The van der Waals surface area contributed by atoms with E-state index in [9.17, 15) is 0 Å². The van der Waals surface area contributed by atoms with E-state index in [1.807, 2.05) is 0 Å². The topological polar surface area (TPSA) is 45.0 Å². The Morgan fingerprint density at radius 2 is 1.85 bits per heavy atom. The molecule has 0 saturated heterocycles. The zero-order valence-electron chi connectivity index (χ0n) is 8.51. The van der Waals surface area contributed by atoms with Crippen molar-refractivity contribution in [2.75, 3.05) is 26.8 Å². The molecular weight excluding hydrogens is 164 g/mol. The van der Waals surface area contributed by atoms with Crippen LogP contribution in [-0.4, -0.2) is 26.8 Å². The molecule has 0 radical (unpaired) electrons. The lowest BCUT2D eigenvalue weighted by molar-refractivity contribution is 0.192. The van der Waals surface area contributed by atoms with Gasteiger partial charge in [0.2, 0.25) is 0 Å². The molecule has 0 unspecified atom stereocenters. The summed E-state index contributed by atoms with van der Waals surface area (Å²) in [6.07, 6.45) is 5.11. The van der Waals surface area contributed by atoms with Gasteiger partial charge in [-0.3, -0.25) is 0 Å². The maximum absolute atomic E-state index is 8.28. The lowest BCUT2D eigenvalue weighted by atomic mass is 10.2. The monoisotopic (exact) mass is 184 g/mol. The average molecular weight is 184 g/mol. The summed E-state index contributed by atoms with van der Waals surface area (Å²) in [5.41, 5.74) is 0. The van der Waals surface area contributed by atoms with E-state index < -0.39 is 0 Å². The van der Waals surface area contributed by atoms with Crippen LogP contribution in [0.3, 0.4) is 0 Å². The molecule has 0 aliphatic rings. The first-order chi connectivity index (χ1) is 6.41. The van der Waals surface area contributed by atoms with Crippen molar-refractivity contribution in [3.63, 3.8) is 0 Å². The molecule has 0 spiro atoms. The smallest absolute Gasteiger partial charge is 0.0621 e. The molecular formula is C10H20N2O. The third-order valence-corrected chi connectivity index (χ3v) is 1.84. The van der Waals surface area contributed by atoms with Crippen LogP contribution in [0.1, 0.15) is 32.1 Å². The number of ether oxygens (including phenoxy) is 1. The third kappa shape index (κ3) is 11.4. The Hall–Kier alpha value is -0.590. The maximum Gasteiger partial charge on any atom is 0.0621 e. The molecule has 0 heterocycles. The van der Waals surface area contributed by atoms with Gasteiger partial charge in [-0.2, -0.15) is 5.26 Å². The van der Waals surface area contributed by atoms with Gasteiger partial charge in [0, 0.05) is 20.1 Å². The van der Waals surface area contributed by atoms with Crippen LogP contribution in [0.5, 0.6) is 0 Å². The van der Waals surface area contributed by atoms with Gasteiger partial charge in [0.05, 0.1) is 6.07 Å². The second-order valence-electron chi connectivity index (χ2n) is 3.07. The predicted molar refractivity (Wildman–Crippen MR) is 53.4 cm³/mol. The lowest BCUT2D eigenvalue weighted by Crippen LogP contribution is -2.16. The summed E-state index contributed by atoms with van der Waals surface area (Å²) in [5, 5.41) is 11.6. The summed E-state index contributed by atoms with van der Waals surface area (Å²) in [6.45, 7) is 2.96. The fourth-order valence-electron chi connectivity index (χ4n) is 1.08. The minimum Gasteiger partial charge on any atom is -0.385 e. The molecule has 0 aromatic rings. The van der Waals surface area contributed by atoms with Gasteiger partial charge in [-0.05, 0) is 38.8 Å². The summed E-state index contributed by atoms with van der Waals surface area (Å²) in [4.78, 5) is 0. The van der Waals surface area contributed by atoms with Crippen LogP contribution in [0.2, 0.25) is 0 Å². The number of methoxy groups -OCH3 is 1. The highest BCUT2D eigenvalue weighted by molar-refractivity contribution is 4.68. The van der Waals surface area contributed by atoms with Crippen molar-refractivity contribution >= 4 is 0 Å². The maximum atomic E-state index is 8.28. The first-order valence-corrected chi connectivity index (χ1v) is 4.98. The normalized spacial score (nSPS) is 9.85. The minimum atomic E-state index is 0.686. The molecule has 76 valence electrons. The quantitative estimate of drug-likeness (QED) is 0.555. The molecule has 0 saturated carbocycles. The van der Waals surface area contributed by atoms with Gasteiger partial charge in [0.1, 0.15) is 0 Å². The zero-order chi connectivity index (χ0) is 9.78. The van der Waals surface area contributed by atoms with Crippen LogP contribution in [0.4, 0.5) is 0 Å². The van der Waals surface area contributed by atoms with Crippen LogP contribution in [-0.2, 0) is 4.74 Å². The molecule has 3 heteroatoms. The SMILES string of the molecule is COCCCCNCCCCC#N. The van der Waals surface area contributed by atoms with Crippen molar-refractivity contribution in [2.24, 2.45) is 0 Å². The van der Waals surface area contributed by atoms with E-state index in [2.05, 4.69) is 11.4 Å². The molecule has 0 aliphatic carbocycles. The summed E-state index contributed by atoms with van der Waals surface area (Å²) in [6, 6.07) is 2.14. The van der Waals surface area contributed by atoms with Gasteiger partial charge in [0.25, 0.3) is 0 Å². The first kappa shape index (κ1) is 12.4. The predicted octanol–water partition coefficient (Wildman–Crippen LogP) is 1.70. The Morgan fingerprint density at radius 3 is 2.46 bits per heavy atom. The van der Waals surface area contributed by atoms with Gasteiger partial charge in [0.15, 0.2) is 0 Å². The molecule has 0 aromatic carbocycles. The molecule has 0 fully saturated rings. The lowest BCUT2D eigenvalue weighted by Gasteiger charge is -2.02. The van der Waals surface area contributed by atoms with Crippen LogP contribution in [0, 0.1) is 11.3 Å². The van der Waals surface area contributed by atoms with Crippen LogP contribution >= 0.6 is 0 Å². The Bertz CT molecular complexity index is 131. The fourth-order valence-corrected chi connectivity index (χ4v) is 1.08. The Kier molecular flexibility index (Phi) is 10.9. The van der Waals surface area contributed by atoms with E-state index >= 15 is 0 Å². The van der Waals surface area contributed by atoms with Crippen LogP contribution < -0.4 is 5.32 Å². The fraction of sp³-hybridized carbons (Fsp3) is 0.900. The van der Waals surface area contributed by atoms with Gasteiger partial charge in [-0.15, -0.1) is 0 Å². The Balaban J connectivity index is 2.80.